The molecule has 0 atom stereocenters. The van der Waals surface area contributed by atoms with Gasteiger partial charge in [0.2, 0.25) is 5.91 Å². The number of carbonyl (C=O) groups excluding carboxylic acids is 1. The molecular formula is C26H21Cl2N3O5. The lowest BCUT2D eigenvalue weighted by molar-refractivity contribution is -0.111. The van der Waals surface area contributed by atoms with Crippen molar-refractivity contribution in [3.63, 3.8) is 0 Å². The Morgan fingerprint density at radius 1 is 1.11 bits per heavy atom. The van der Waals surface area contributed by atoms with E-state index in [4.69, 9.17) is 37.1 Å². The first-order valence-electron chi connectivity index (χ1n) is 10.6. The summed E-state index contributed by atoms with van der Waals surface area (Å²) >= 11 is 13.0. The van der Waals surface area contributed by atoms with E-state index in [0.29, 0.717) is 28.7 Å². The number of benzene rings is 2. The Kier molecular flexibility index (Phi) is 7.19. The Morgan fingerprint density at radius 2 is 1.81 bits per heavy atom. The molecule has 0 bridgehead atoms. The molecule has 0 radical (unpaired) electrons. The quantitative estimate of drug-likeness (QED) is 0.270. The average molecular weight is 526 g/mol. The first kappa shape index (κ1) is 25.1. The van der Waals surface area contributed by atoms with Gasteiger partial charge in [0.25, 0.3) is 0 Å². The van der Waals surface area contributed by atoms with Crippen molar-refractivity contribution in [1.29, 1.82) is 0 Å². The normalized spacial score (nSPS) is 10.7. The van der Waals surface area contributed by atoms with Gasteiger partial charge >= 0.3 is 0 Å². The van der Waals surface area contributed by atoms with Crippen LogP contribution in [0.3, 0.4) is 0 Å². The first-order valence-corrected chi connectivity index (χ1v) is 11.4. The van der Waals surface area contributed by atoms with Crippen LogP contribution in [0.5, 0.6) is 11.5 Å². The van der Waals surface area contributed by atoms with Crippen LogP contribution in [0.1, 0.15) is 5.56 Å². The van der Waals surface area contributed by atoms with Gasteiger partial charge in [0, 0.05) is 12.1 Å². The third-order valence-corrected chi connectivity index (χ3v) is 6.15. The molecule has 0 fully saturated rings. The molecule has 4 rings (SSSR count). The summed E-state index contributed by atoms with van der Waals surface area (Å²) in [7, 11) is 2.91. The van der Waals surface area contributed by atoms with Crippen molar-refractivity contribution in [2.24, 2.45) is 0 Å². The highest BCUT2D eigenvalue weighted by molar-refractivity contribution is 6.41. The molecule has 1 amide bonds. The number of amides is 1. The Hall–Kier alpha value is -4.01. The zero-order valence-corrected chi connectivity index (χ0v) is 21.1. The van der Waals surface area contributed by atoms with Crippen LogP contribution in [-0.2, 0) is 4.79 Å². The van der Waals surface area contributed by atoms with E-state index in [1.807, 2.05) is 19.1 Å². The van der Waals surface area contributed by atoms with Gasteiger partial charge in [-0.1, -0.05) is 41.9 Å². The molecule has 36 heavy (non-hydrogen) atoms. The lowest BCUT2D eigenvalue weighted by atomic mass is 10.1. The fourth-order valence-corrected chi connectivity index (χ4v) is 4.29. The molecule has 0 unspecified atom stereocenters. The second-order valence-electron chi connectivity index (χ2n) is 7.64. The van der Waals surface area contributed by atoms with E-state index < -0.39 is 0 Å². The largest absolute Gasteiger partial charge is 0.495 e. The number of aryl methyl sites for hydroxylation is 1. The second kappa shape index (κ2) is 10.3. The number of anilines is 3. The van der Waals surface area contributed by atoms with Gasteiger partial charge < -0.3 is 24.5 Å². The van der Waals surface area contributed by atoms with Crippen LogP contribution < -0.4 is 25.5 Å². The predicted octanol–water partition coefficient (Wildman–Crippen LogP) is 6.36. The van der Waals surface area contributed by atoms with E-state index in [-0.39, 0.29) is 43.7 Å². The Balaban J connectivity index is 1.79. The number of pyridine rings is 1. The highest BCUT2D eigenvalue weighted by Crippen LogP contribution is 2.46. The van der Waals surface area contributed by atoms with Gasteiger partial charge in [-0.3, -0.25) is 9.59 Å². The molecule has 2 heterocycles. The van der Waals surface area contributed by atoms with Crippen LogP contribution in [0.2, 0.25) is 10.0 Å². The van der Waals surface area contributed by atoms with Crippen LogP contribution in [0.25, 0.3) is 22.3 Å². The highest BCUT2D eigenvalue weighted by atomic mass is 35.5. The van der Waals surface area contributed by atoms with Crippen LogP contribution >= 0.6 is 23.2 Å². The van der Waals surface area contributed by atoms with Crippen LogP contribution in [-0.4, -0.2) is 25.1 Å². The standard InChI is InChI=1S/C26H21Cl2N3O5/c1-5-22(33)30-15-8-6-7-13(2)26(15)31-21-9-14-16(32)10-17(36-20(14)12-29-21)23-24(27)18(34-3)11-19(35-4)25(23)28/h5-12H,1H2,2-4H3,(H,29,31)(H,30,33). The summed E-state index contributed by atoms with van der Waals surface area (Å²) in [6.45, 7) is 5.35. The number of ether oxygens (including phenoxy) is 2. The van der Waals surface area contributed by atoms with Gasteiger partial charge in [-0.25, -0.2) is 4.98 Å². The molecule has 4 aromatic rings. The number of hydrogen-bond donors (Lipinski definition) is 2. The summed E-state index contributed by atoms with van der Waals surface area (Å²) in [6, 6.07) is 9.84. The minimum Gasteiger partial charge on any atom is -0.495 e. The number of carbonyl (C=O) groups is 1. The maximum atomic E-state index is 13.1. The van der Waals surface area contributed by atoms with E-state index >= 15 is 0 Å². The van der Waals surface area contributed by atoms with E-state index in [0.717, 1.165) is 5.56 Å². The molecule has 2 N–H and O–H groups in total. The minimum absolute atomic E-state index is 0.135. The van der Waals surface area contributed by atoms with Gasteiger partial charge in [0.05, 0.1) is 52.8 Å². The van der Waals surface area contributed by atoms with E-state index in [9.17, 15) is 9.59 Å². The van der Waals surface area contributed by atoms with Crippen molar-refractivity contribution in [3.8, 4) is 22.8 Å². The Morgan fingerprint density at radius 3 is 2.44 bits per heavy atom. The van der Waals surface area contributed by atoms with Crippen LogP contribution in [0.15, 0.2) is 64.5 Å². The Labute approximate surface area is 216 Å². The van der Waals surface area contributed by atoms with Gasteiger partial charge in [-0.15, -0.1) is 0 Å². The molecule has 0 aliphatic rings. The summed E-state index contributed by atoms with van der Waals surface area (Å²) in [5.74, 6) is 0.784. The van der Waals surface area contributed by atoms with Gasteiger partial charge in [-0.05, 0) is 30.7 Å². The molecule has 2 aromatic heterocycles. The number of methoxy groups -OCH3 is 2. The van der Waals surface area contributed by atoms with Crippen molar-refractivity contribution in [3.05, 3.63) is 81.1 Å². The molecule has 8 nitrogen and oxygen atoms in total. The molecule has 0 saturated heterocycles. The number of aromatic nitrogens is 1. The van der Waals surface area contributed by atoms with Crippen LogP contribution in [0, 0.1) is 6.92 Å². The average Bonchev–Trinajstić information content (AvgIpc) is 2.86. The van der Waals surface area contributed by atoms with E-state index in [1.165, 1.54) is 32.6 Å². The maximum Gasteiger partial charge on any atom is 0.247 e. The third-order valence-electron chi connectivity index (χ3n) is 5.40. The SMILES string of the molecule is C=CC(=O)Nc1cccc(C)c1Nc1cc2c(=O)cc(-c3c(Cl)c(OC)cc(OC)c3Cl)oc2cn1. The third kappa shape index (κ3) is 4.73. The fourth-order valence-electron chi connectivity index (χ4n) is 3.60. The molecule has 0 spiro atoms. The summed E-state index contributed by atoms with van der Waals surface area (Å²) in [5, 5.41) is 6.55. The molecule has 0 aliphatic heterocycles. The molecule has 10 heteroatoms. The molecule has 184 valence electrons. The first-order chi connectivity index (χ1) is 17.3. The van der Waals surface area contributed by atoms with Gasteiger partial charge in [0.1, 0.15) is 23.1 Å². The monoisotopic (exact) mass is 525 g/mol. The molecule has 0 saturated carbocycles. The van der Waals surface area contributed by atoms with Crippen LogP contribution in [0.4, 0.5) is 17.2 Å². The number of nitrogens with zero attached hydrogens (tertiary/aromatic N) is 1. The van der Waals surface area contributed by atoms with Crippen molar-refractivity contribution in [2.75, 3.05) is 24.9 Å². The summed E-state index contributed by atoms with van der Waals surface area (Å²) in [6.07, 6.45) is 2.60. The second-order valence-corrected chi connectivity index (χ2v) is 8.40. The predicted molar refractivity (Wildman–Crippen MR) is 142 cm³/mol. The van der Waals surface area contributed by atoms with Crippen molar-refractivity contribution in [2.45, 2.75) is 6.92 Å². The summed E-state index contributed by atoms with van der Waals surface area (Å²) < 4.78 is 16.6. The fraction of sp³-hybridized carbons (Fsp3) is 0.115. The number of fused-ring (bicyclic) bond motifs is 1. The zero-order chi connectivity index (χ0) is 26.0. The van der Waals surface area contributed by atoms with Crippen molar-refractivity contribution < 1.29 is 18.7 Å². The Bertz CT molecular complexity index is 1540. The minimum atomic E-state index is -0.352. The van der Waals surface area contributed by atoms with Crippen molar-refractivity contribution in [1.82, 2.24) is 4.98 Å². The van der Waals surface area contributed by atoms with Crippen molar-refractivity contribution >= 4 is 57.3 Å². The van der Waals surface area contributed by atoms with Gasteiger partial charge in [-0.2, -0.15) is 0 Å². The van der Waals surface area contributed by atoms with E-state index in [2.05, 4.69) is 22.2 Å². The zero-order valence-electron chi connectivity index (χ0n) is 19.6. The summed E-state index contributed by atoms with van der Waals surface area (Å²) in [4.78, 5) is 29.3. The molecule has 0 aliphatic carbocycles. The number of hydrogen-bond acceptors (Lipinski definition) is 7. The van der Waals surface area contributed by atoms with E-state index in [1.54, 1.807) is 18.2 Å². The topological polar surface area (TPSA) is 103 Å². The maximum absolute atomic E-state index is 13.1. The summed E-state index contributed by atoms with van der Waals surface area (Å²) in [5.41, 5.74) is 2.18. The smallest absolute Gasteiger partial charge is 0.247 e. The number of nitrogens with one attached hydrogen (secondary N) is 2. The number of rotatable bonds is 7. The molecule has 2 aromatic carbocycles. The lowest BCUT2D eigenvalue weighted by Gasteiger charge is -2.15. The number of halogens is 2. The lowest BCUT2D eigenvalue weighted by Crippen LogP contribution is -2.10. The molecular weight excluding hydrogens is 505 g/mol. The number of para-hydroxylation sites is 1. The van der Waals surface area contributed by atoms with Gasteiger partial charge in [0.15, 0.2) is 11.0 Å². The highest BCUT2D eigenvalue weighted by Gasteiger charge is 2.22.